The highest BCUT2D eigenvalue weighted by atomic mass is 16.1. The summed E-state index contributed by atoms with van der Waals surface area (Å²) in [6.45, 7) is 0. The first-order chi connectivity index (χ1) is 21.2. The van der Waals surface area contributed by atoms with E-state index in [9.17, 15) is 9.59 Å². The van der Waals surface area contributed by atoms with E-state index in [0.717, 1.165) is 50.9 Å². The first-order valence-electron chi connectivity index (χ1n) is 14.6. The molecule has 43 heavy (non-hydrogen) atoms. The number of ketones is 2. The van der Waals surface area contributed by atoms with Crippen LogP contribution in [0.15, 0.2) is 170 Å². The van der Waals surface area contributed by atoms with Crippen LogP contribution in [0.5, 0.6) is 0 Å². The molecule has 6 aromatic rings. The number of rotatable bonds is 6. The molecule has 0 heterocycles. The molecule has 0 atom stereocenters. The number of carbonyl (C=O) groups excluding carboxylic acids is 2. The quantitative estimate of drug-likeness (QED) is 0.151. The van der Waals surface area contributed by atoms with E-state index in [-0.39, 0.29) is 11.6 Å². The van der Waals surface area contributed by atoms with Crippen molar-refractivity contribution in [2.45, 2.75) is 18.3 Å². The number of hydrogen-bond acceptors (Lipinski definition) is 2. The Morgan fingerprint density at radius 2 is 0.814 bits per heavy atom. The van der Waals surface area contributed by atoms with Crippen LogP contribution in [0, 0.1) is 0 Å². The second kappa shape index (κ2) is 12.7. The van der Waals surface area contributed by atoms with Crippen molar-refractivity contribution >= 4 is 11.6 Å². The van der Waals surface area contributed by atoms with Gasteiger partial charge in [-0.3, -0.25) is 9.59 Å². The molecule has 208 valence electrons. The highest BCUT2D eigenvalue weighted by molar-refractivity contribution is 6.12. The van der Waals surface area contributed by atoms with E-state index in [1.54, 1.807) is 0 Å². The highest BCUT2D eigenvalue weighted by Crippen LogP contribution is 2.43. The molecule has 0 saturated carbocycles. The summed E-state index contributed by atoms with van der Waals surface area (Å²) in [7, 11) is 0. The fraction of sp³-hybridized carbons (Fsp3) is 0.0732. The predicted octanol–water partition coefficient (Wildman–Crippen LogP) is 9.12. The number of Topliss-reactive ketones (excluding diaryl/α,β-unsaturated/α-hetero) is 1. The van der Waals surface area contributed by atoms with Gasteiger partial charge in [-0.05, 0) is 34.2 Å². The summed E-state index contributed by atoms with van der Waals surface area (Å²) in [4.78, 5) is 25.5. The summed E-state index contributed by atoms with van der Waals surface area (Å²) in [5.41, 5.74) is 7.56. The van der Waals surface area contributed by atoms with Gasteiger partial charge in [-0.15, -0.1) is 0 Å². The molecule has 1 aliphatic rings. The van der Waals surface area contributed by atoms with E-state index < -0.39 is 5.41 Å². The molecular weight excluding hydrogens is 524 g/mol. The molecule has 0 bridgehead atoms. The second-order valence-electron chi connectivity index (χ2n) is 10.8. The van der Waals surface area contributed by atoms with Crippen LogP contribution in [0.3, 0.4) is 0 Å². The largest absolute Gasteiger partial charge is 0.294 e. The van der Waals surface area contributed by atoms with Crippen LogP contribution in [0.4, 0.5) is 0 Å². The van der Waals surface area contributed by atoms with E-state index in [2.05, 4.69) is 36.4 Å². The average Bonchev–Trinajstić information content (AvgIpc) is 3.09. The zero-order valence-corrected chi connectivity index (χ0v) is 23.9. The van der Waals surface area contributed by atoms with Gasteiger partial charge in [-0.2, -0.15) is 0 Å². The maximum absolute atomic E-state index is 13.4. The lowest BCUT2D eigenvalue weighted by atomic mass is 9.66. The summed E-state index contributed by atoms with van der Waals surface area (Å²) >= 11 is 0. The molecule has 2 nitrogen and oxygen atoms in total. The minimum absolute atomic E-state index is 0.136. The Kier molecular flexibility index (Phi) is 8.19. The van der Waals surface area contributed by atoms with Crippen molar-refractivity contribution in [1.82, 2.24) is 0 Å². The second-order valence-corrected chi connectivity index (χ2v) is 10.8. The third kappa shape index (κ3) is 5.73. The molecule has 6 aromatic carbocycles. The highest BCUT2D eigenvalue weighted by Gasteiger charge is 2.38. The van der Waals surface area contributed by atoms with Gasteiger partial charge in [0.15, 0.2) is 11.6 Å². The van der Waals surface area contributed by atoms with Crippen LogP contribution in [-0.4, -0.2) is 11.6 Å². The van der Waals surface area contributed by atoms with Crippen molar-refractivity contribution in [2.75, 3.05) is 0 Å². The molecule has 0 saturated heterocycles. The van der Waals surface area contributed by atoms with Crippen molar-refractivity contribution in [3.63, 3.8) is 0 Å². The standard InChI is InChI=1S/C27H22O.C14H10O/c28-26(22-13-5-1-6-14-22)21-27(23-15-7-2-8-16-23,24-17-9-3-10-18-24)25-19-11-4-12-20-25;15-14-12-7-3-1-5-10(12)9-11-6-2-4-8-13(11)14/h1-20H,21H2;1-8H,9H2. The molecule has 7 rings (SSSR count). The maximum atomic E-state index is 13.4. The molecule has 2 heteroatoms. The van der Waals surface area contributed by atoms with Crippen LogP contribution < -0.4 is 0 Å². The summed E-state index contributed by atoms with van der Waals surface area (Å²) in [6.07, 6.45) is 1.24. The molecule has 0 radical (unpaired) electrons. The Labute approximate surface area is 253 Å². The molecule has 0 spiro atoms. The van der Waals surface area contributed by atoms with Gasteiger partial charge in [0.25, 0.3) is 0 Å². The Hall–Kier alpha value is -5.34. The Morgan fingerprint density at radius 3 is 1.23 bits per heavy atom. The van der Waals surface area contributed by atoms with Gasteiger partial charge in [-0.25, -0.2) is 0 Å². The third-order valence-corrected chi connectivity index (χ3v) is 8.23. The smallest absolute Gasteiger partial charge is 0.193 e. The fourth-order valence-electron chi connectivity index (χ4n) is 6.08. The first kappa shape index (κ1) is 27.8. The summed E-state index contributed by atoms with van der Waals surface area (Å²) in [6, 6.07) is 56.3. The normalized spacial score (nSPS) is 11.9. The topological polar surface area (TPSA) is 34.1 Å². The molecular formula is C41H32O2. The maximum Gasteiger partial charge on any atom is 0.193 e. The molecule has 0 N–H and O–H groups in total. The lowest BCUT2D eigenvalue weighted by Gasteiger charge is -2.35. The molecule has 0 fully saturated rings. The van der Waals surface area contributed by atoms with Crippen molar-refractivity contribution in [3.05, 3.63) is 214 Å². The van der Waals surface area contributed by atoms with E-state index in [1.807, 2.05) is 133 Å². The van der Waals surface area contributed by atoms with E-state index in [0.29, 0.717) is 6.42 Å². The van der Waals surface area contributed by atoms with Crippen LogP contribution in [0.1, 0.15) is 60.5 Å². The molecule has 0 amide bonds. The predicted molar refractivity (Wildman–Crippen MR) is 174 cm³/mol. The zero-order valence-electron chi connectivity index (χ0n) is 23.9. The molecule has 1 aliphatic carbocycles. The van der Waals surface area contributed by atoms with Gasteiger partial charge >= 0.3 is 0 Å². The van der Waals surface area contributed by atoms with Crippen LogP contribution in [-0.2, 0) is 11.8 Å². The van der Waals surface area contributed by atoms with E-state index >= 15 is 0 Å². The monoisotopic (exact) mass is 556 g/mol. The number of fused-ring (bicyclic) bond motifs is 2. The van der Waals surface area contributed by atoms with Crippen LogP contribution in [0.2, 0.25) is 0 Å². The van der Waals surface area contributed by atoms with Gasteiger partial charge in [0.1, 0.15) is 0 Å². The number of carbonyl (C=O) groups is 2. The Morgan fingerprint density at radius 1 is 0.465 bits per heavy atom. The average molecular weight is 557 g/mol. The van der Waals surface area contributed by atoms with Gasteiger partial charge < -0.3 is 0 Å². The van der Waals surface area contributed by atoms with Gasteiger partial charge in [-0.1, -0.05) is 170 Å². The summed E-state index contributed by atoms with van der Waals surface area (Å²) in [5, 5.41) is 0. The number of hydrogen-bond donors (Lipinski definition) is 0. The zero-order chi connectivity index (χ0) is 29.5. The lowest BCUT2D eigenvalue weighted by Crippen LogP contribution is -2.32. The third-order valence-electron chi connectivity index (χ3n) is 8.23. The van der Waals surface area contributed by atoms with Gasteiger partial charge in [0, 0.05) is 23.1 Å². The van der Waals surface area contributed by atoms with Crippen molar-refractivity contribution in [1.29, 1.82) is 0 Å². The van der Waals surface area contributed by atoms with Crippen molar-refractivity contribution in [2.24, 2.45) is 0 Å². The lowest BCUT2D eigenvalue weighted by molar-refractivity contribution is 0.0965. The Balaban J connectivity index is 0.000000183. The first-order valence-corrected chi connectivity index (χ1v) is 14.6. The van der Waals surface area contributed by atoms with Crippen molar-refractivity contribution < 1.29 is 9.59 Å². The molecule has 0 aromatic heterocycles. The molecule has 0 aliphatic heterocycles. The summed E-state index contributed by atoms with van der Waals surface area (Å²) in [5.74, 6) is 0.296. The van der Waals surface area contributed by atoms with Crippen molar-refractivity contribution in [3.8, 4) is 0 Å². The number of benzene rings is 6. The minimum atomic E-state index is -0.545. The Bertz CT molecular complexity index is 1680. The fourth-order valence-corrected chi connectivity index (χ4v) is 6.08. The van der Waals surface area contributed by atoms with E-state index in [1.165, 1.54) is 0 Å². The summed E-state index contributed by atoms with van der Waals surface area (Å²) < 4.78 is 0. The molecule has 0 unspecified atom stereocenters. The SMILES string of the molecule is O=C(CC(c1ccccc1)(c1ccccc1)c1ccccc1)c1ccccc1.O=C1c2ccccc2Cc2ccccc21. The van der Waals surface area contributed by atoms with E-state index in [4.69, 9.17) is 0 Å². The van der Waals surface area contributed by atoms with Gasteiger partial charge in [0.05, 0.1) is 5.41 Å². The van der Waals surface area contributed by atoms with Crippen LogP contribution in [0.25, 0.3) is 0 Å². The minimum Gasteiger partial charge on any atom is -0.294 e. The van der Waals surface area contributed by atoms with Gasteiger partial charge in [0.2, 0.25) is 0 Å². The van der Waals surface area contributed by atoms with Crippen LogP contribution >= 0.6 is 0 Å².